The lowest BCUT2D eigenvalue weighted by Crippen LogP contribution is -2.36. The molecule has 0 atom stereocenters. The number of nitriles is 1. The molecule has 1 heterocycles. The predicted octanol–water partition coefficient (Wildman–Crippen LogP) is 7.19. The number of hydrogen-bond acceptors (Lipinski definition) is 5. The monoisotopic (exact) mass is 524 g/mol. The van der Waals surface area contributed by atoms with Crippen molar-refractivity contribution in [2.24, 2.45) is 5.41 Å². The van der Waals surface area contributed by atoms with Gasteiger partial charge in [0, 0.05) is 30.8 Å². The summed E-state index contributed by atoms with van der Waals surface area (Å²) < 4.78 is 0. The number of phenols is 1. The van der Waals surface area contributed by atoms with Crippen molar-refractivity contribution >= 4 is 52.2 Å². The largest absolute Gasteiger partial charge is 0.508 e. The summed E-state index contributed by atoms with van der Waals surface area (Å²) in [7, 11) is 0. The van der Waals surface area contributed by atoms with Crippen LogP contribution < -0.4 is 10.2 Å². The van der Waals surface area contributed by atoms with Crippen LogP contribution >= 0.6 is 34.8 Å². The van der Waals surface area contributed by atoms with Crippen molar-refractivity contribution in [3.05, 3.63) is 44.5 Å². The lowest BCUT2D eigenvalue weighted by Gasteiger charge is -2.28. The summed E-state index contributed by atoms with van der Waals surface area (Å²) in [6.07, 6.45) is 1.10. The molecule has 0 unspecified atom stereocenters. The fraction of sp³-hybridized carbons (Fsp3) is 0.480. The number of aromatic nitrogens is 1. The third kappa shape index (κ3) is 7.15. The fourth-order valence-corrected chi connectivity index (χ4v) is 3.92. The van der Waals surface area contributed by atoms with Gasteiger partial charge in [0.05, 0.1) is 10.0 Å². The average molecular weight is 526 g/mol. The maximum atomic E-state index is 13.3. The molecule has 2 aromatic rings. The van der Waals surface area contributed by atoms with Gasteiger partial charge in [-0.15, -0.1) is 0 Å². The summed E-state index contributed by atoms with van der Waals surface area (Å²) in [6.45, 7) is 12.9. The highest BCUT2D eigenvalue weighted by Gasteiger charge is 2.24. The molecule has 0 saturated heterocycles. The molecule has 0 aliphatic heterocycles. The van der Waals surface area contributed by atoms with Crippen LogP contribution in [0.4, 0.5) is 11.5 Å². The molecular formula is C25H31Cl3N4O2. The zero-order chi connectivity index (χ0) is 25.8. The average Bonchev–Trinajstić information content (AvgIpc) is 2.73. The molecule has 0 aliphatic rings. The van der Waals surface area contributed by atoms with Crippen LogP contribution in [0.2, 0.25) is 15.2 Å². The Kier molecular flexibility index (Phi) is 9.10. The van der Waals surface area contributed by atoms with Crippen molar-refractivity contribution in [1.82, 2.24) is 4.98 Å². The van der Waals surface area contributed by atoms with Crippen LogP contribution in [0.1, 0.15) is 65.5 Å². The predicted molar refractivity (Wildman–Crippen MR) is 140 cm³/mol. The lowest BCUT2D eigenvalue weighted by molar-refractivity contribution is -0.119. The van der Waals surface area contributed by atoms with Gasteiger partial charge in [0.1, 0.15) is 23.2 Å². The normalized spacial score (nSPS) is 11.8. The van der Waals surface area contributed by atoms with E-state index in [1.807, 2.05) is 32.9 Å². The first kappa shape index (κ1) is 28.0. The van der Waals surface area contributed by atoms with Gasteiger partial charge in [0.2, 0.25) is 5.91 Å². The number of rotatable bonds is 7. The van der Waals surface area contributed by atoms with Crippen molar-refractivity contribution in [3.63, 3.8) is 0 Å². The van der Waals surface area contributed by atoms with E-state index in [2.05, 4.69) is 31.1 Å². The van der Waals surface area contributed by atoms with Gasteiger partial charge in [-0.3, -0.25) is 4.79 Å². The number of aromatic hydroxyl groups is 1. The number of halogens is 3. The lowest BCUT2D eigenvalue weighted by atomic mass is 9.86. The summed E-state index contributed by atoms with van der Waals surface area (Å²) in [5.41, 5.74) is 1.22. The van der Waals surface area contributed by atoms with E-state index in [0.29, 0.717) is 18.7 Å². The Bertz CT molecular complexity index is 1100. The summed E-state index contributed by atoms with van der Waals surface area (Å²) in [6, 6.07) is 7.17. The van der Waals surface area contributed by atoms with Crippen LogP contribution in [-0.4, -0.2) is 29.1 Å². The molecule has 0 saturated carbocycles. The number of carbonyl (C=O) groups excluding carboxylic acids is 1. The van der Waals surface area contributed by atoms with Crippen molar-refractivity contribution in [3.8, 4) is 11.8 Å². The number of pyridine rings is 1. The molecule has 1 aromatic carbocycles. The molecular weight excluding hydrogens is 495 g/mol. The highest BCUT2D eigenvalue weighted by atomic mass is 35.5. The van der Waals surface area contributed by atoms with Gasteiger partial charge in [-0.05, 0) is 35.4 Å². The molecule has 9 heteroatoms. The van der Waals surface area contributed by atoms with Crippen LogP contribution in [0.25, 0.3) is 0 Å². The third-order valence-corrected chi connectivity index (χ3v) is 6.48. The van der Waals surface area contributed by atoms with E-state index in [0.717, 1.165) is 12.0 Å². The zero-order valence-electron chi connectivity index (χ0n) is 20.4. The van der Waals surface area contributed by atoms with Crippen molar-refractivity contribution in [1.29, 1.82) is 5.26 Å². The molecule has 0 fully saturated rings. The van der Waals surface area contributed by atoms with Gasteiger partial charge in [-0.25, -0.2) is 4.98 Å². The fourth-order valence-electron chi connectivity index (χ4n) is 3.33. The Labute approximate surface area is 216 Å². The van der Waals surface area contributed by atoms with Crippen LogP contribution in [-0.2, 0) is 10.2 Å². The van der Waals surface area contributed by atoms with E-state index in [9.17, 15) is 15.2 Å². The van der Waals surface area contributed by atoms with E-state index in [1.54, 1.807) is 17.0 Å². The van der Waals surface area contributed by atoms with Crippen LogP contribution in [0.3, 0.4) is 0 Å². The number of phenolic OH excluding ortho intramolecular Hbond substituents is 1. The first-order valence-corrected chi connectivity index (χ1v) is 12.1. The summed E-state index contributed by atoms with van der Waals surface area (Å²) in [5, 5.41) is 22.9. The van der Waals surface area contributed by atoms with E-state index in [-0.39, 0.29) is 55.6 Å². The van der Waals surface area contributed by atoms with E-state index >= 15 is 0 Å². The first-order valence-electron chi connectivity index (χ1n) is 11.0. The second-order valence-corrected chi connectivity index (χ2v) is 11.5. The molecule has 1 aromatic heterocycles. The first-order chi connectivity index (χ1) is 15.7. The maximum absolute atomic E-state index is 13.3. The minimum Gasteiger partial charge on any atom is -0.508 e. The number of amides is 1. The topological polar surface area (TPSA) is 89.3 Å². The standard InChI is InChI=1S/C25H31Cl3N4O2/c1-24(2,3)10-9-19(34)32(15-7-8-18(33)17(13-15)25(4,5)6)12-11-30-23-16(14-29)20(26)21(27)22(28)31-23/h7-8,13,33H,9-12H2,1-6H3,(H,30,31). The maximum Gasteiger partial charge on any atom is 0.227 e. The molecule has 0 aliphatic carbocycles. The summed E-state index contributed by atoms with van der Waals surface area (Å²) >= 11 is 18.2. The number of hydrogen-bond donors (Lipinski definition) is 2. The summed E-state index contributed by atoms with van der Waals surface area (Å²) in [5.74, 6) is 0.345. The minimum atomic E-state index is -0.305. The molecule has 0 bridgehead atoms. The third-order valence-electron chi connectivity index (χ3n) is 5.27. The van der Waals surface area contributed by atoms with Crippen molar-refractivity contribution < 1.29 is 9.90 Å². The van der Waals surface area contributed by atoms with Gasteiger partial charge in [-0.2, -0.15) is 5.26 Å². The number of nitrogens with one attached hydrogen (secondary N) is 1. The summed E-state index contributed by atoms with van der Waals surface area (Å²) in [4.78, 5) is 19.1. The highest BCUT2D eigenvalue weighted by Crippen LogP contribution is 2.36. The van der Waals surface area contributed by atoms with Crippen molar-refractivity contribution in [2.75, 3.05) is 23.3 Å². The van der Waals surface area contributed by atoms with Gasteiger partial charge in [-0.1, -0.05) is 76.3 Å². The molecule has 0 spiro atoms. The zero-order valence-corrected chi connectivity index (χ0v) is 22.7. The molecule has 2 N–H and O–H groups in total. The second-order valence-electron chi connectivity index (χ2n) is 10.4. The molecule has 2 rings (SSSR count). The van der Waals surface area contributed by atoms with Gasteiger partial charge < -0.3 is 15.3 Å². The van der Waals surface area contributed by atoms with Crippen LogP contribution in [0, 0.1) is 16.7 Å². The molecule has 6 nitrogen and oxygen atoms in total. The number of anilines is 2. The quantitative estimate of drug-likeness (QED) is 0.373. The van der Waals surface area contributed by atoms with Gasteiger partial charge in [0.15, 0.2) is 5.15 Å². The Hall–Kier alpha value is -2.20. The Balaban J connectivity index is 2.34. The number of benzene rings is 1. The van der Waals surface area contributed by atoms with Gasteiger partial charge >= 0.3 is 0 Å². The number of carbonyl (C=O) groups is 1. The molecule has 1 amide bonds. The number of nitrogens with zero attached hydrogens (tertiary/aromatic N) is 3. The Morgan fingerprint density at radius 3 is 2.35 bits per heavy atom. The molecule has 0 radical (unpaired) electrons. The van der Waals surface area contributed by atoms with Crippen LogP contribution in [0.5, 0.6) is 5.75 Å². The molecule has 184 valence electrons. The second kappa shape index (κ2) is 11.0. The molecule has 34 heavy (non-hydrogen) atoms. The van der Waals surface area contributed by atoms with Gasteiger partial charge in [0.25, 0.3) is 0 Å². The Morgan fingerprint density at radius 2 is 1.79 bits per heavy atom. The Morgan fingerprint density at radius 1 is 1.15 bits per heavy atom. The van der Waals surface area contributed by atoms with Crippen molar-refractivity contribution in [2.45, 2.75) is 59.8 Å². The van der Waals surface area contributed by atoms with E-state index in [4.69, 9.17) is 34.8 Å². The smallest absolute Gasteiger partial charge is 0.227 e. The van der Waals surface area contributed by atoms with E-state index < -0.39 is 0 Å². The minimum absolute atomic E-state index is 0.00747. The van der Waals surface area contributed by atoms with Crippen LogP contribution in [0.15, 0.2) is 18.2 Å². The SMILES string of the molecule is CC(C)(C)CCC(=O)N(CCNc1nc(Cl)c(Cl)c(Cl)c1C#N)c1ccc(O)c(C(C)(C)C)c1. The van der Waals surface area contributed by atoms with E-state index in [1.165, 1.54) is 0 Å². The highest BCUT2D eigenvalue weighted by molar-refractivity contribution is 6.48.